The third kappa shape index (κ3) is 4.90. The summed E-state index contributed by atoms with van der Waals surface area (Å²) in [5.41, 5.74) is 1.09. The monoisotopic (exact) mass is 414 g/mol. The van der Waals surface area contributed by atoms with Crippen LogP contribution in [0.5, 0.6) is 0 Å². The van der Waals surface area contributed by atoms with E-state index in [4.69, 9.17) is 4.74 Å². The highest BCUT2D eigenvalue weighted by Gasteiger charge is 2.48. The van der Waals surface area contributed by atoms with Crippen molar-refractivity contribution < 1.29 is 24.2 Å². The van der Waals surface area contributed by atoms with Crippen molar-refractivity contribution in [2.45, 2.75) is 63.7 Å². The fourth-order valence-corrected chi connectivity index (χ4v) is 4.44. The fraction of sp³-hybridized carbons (Fsp3) is 0.522. The van der Waals surface area contributed by atoms with E-state index < -0.39 is 30.1 Å². The molecule has 1 aliphatic heterocycles. The molecular weight excluding hydrogens is 384 g/mol. The molecule has 0 saturated carbocycles. The van der Waals surface area contributed by atoms with Gasteiger partial charge in [-0.2, -0.15) is 0 Å². The number of allylic oxidation sites excluding steroid dienone is 1. The number of fused-ring (bicyclic) bond motifs is 1. The van der Waals surface area contributed by atoms with E-state index in [2.05, 4.69) is 5.32 Å². The Bertz CT molecular complexity index is 794. The highest BCUT2D eigenvalue weighted by atomic mass is 16.5. The standard InChI is InChI=1S/C23H30N2O5/c1-3-30-23(29)18(13-12-16-8-5-4-6-9-16)24-15(2)21(26)25-19-11-7-10-17(19)14-20(25)22(27)28/h4-9,11,15,17-20,24H,3,10,12-14H2,1-2H3,(H,27,28)/t15-,17?,18-,19?,20?/m0/s1. The Morgan fingerprint density at radius 3 is 2.67 bits per heavy atom. The molecular formula is C23H30N2O5. The maximum absolute atomic E-state index is 13.2. The van der Waals surface area contributed by atoms with Crippen LogP contribution in [0.1, 0.15) is 38.7 Å². The Hall–Kier alpha value is -2.67. The van der Waals surface area contributed by atoms with Gasteiger partial charge >= 0.3 is 11.9 Å². The maximum atomic E-state index is 13.2. The molecule has 0 radical (unpaired) electrons. The number of carbonyl (C=O) groups excluding carboxylic acids is 2. The molecule has 2 N–H and O–H groups in total. The molecule has 0 bridgehead atoms. The third-order valence-corrected chi connectivity index (χ3v) is 5.93. The van der Waals surface area contributed by atoms with E-state index in [0.717, 1.165) is 12.0 Å². The minimum atomic E-state index is -0.982. The van der Waals surface area contributed by atoms with E-state index in [1.807, 2.05) is 42.5 Å². The number of nitrogens with one attached hydrogen (secondary N) is 1. The number of likely N-dealkylation sites (tertiary alicyclic amines) is 1. The highest BCUT2D eigenvalue weighted by Crippen LogP contribution is 2.37. The minimum absolute atomic E-state index is 0.154. The Morgan fingerprint density at radius 2 is 2.00 bits per heavy atom. The minimum Gasteiger partial charge on any atom is -0.480 e. The number of nitrogens with zero attached hydrogens (tertiary/aromatic N) is 1. The maximum Gasteiger partial charge on any atom is 0.326 e. The summed E-state index contributed by atoms with van der Waals surface area (Å²) in [6, 6.07) is 7.44. The van der Waals surface area contributed by atoms with E-state index in [1.54, 1.807) is 13.8 Å². The number of hydrogen-bond acceptors (Lipinski definition) is 5. The van der Waals surface area contributed by atoms with Crippen molar-refractivity contribution in [1.82, 2.24) is 10.2 Å². The van der Waals surface area contributed by atoms with Crippen LogP contribution in [0.15, 0.2) is 42.5 Å². The van der Waals surface area contributed by atoms with E-state index in [-0.39, 0.29) is 24.5 Å². The number of amides is 1. The molecule has 3 unspecified atom stereocenters. The van der Waals surface area contributed by atoms with Gasteiger partial charge in [0.15, 0.2) is 0 Å². The predicted octanol–water partition coefficient (Wildman–Crippen LogP) is 2.16. The zero-order valence-electron chi connectivity index (χ0n) is 17.5. The van der Waals surface area contributed by atoms with Gasteiger partial charge < -0.3 is 14.7 Å². The Labute approximate surface area is 177 Å². The zero-order valence-corrected chi connectivity index (χ0v) is 17.5. The molecule has 2 aliphatic rings. The van der Waals surface area contributed by atoms with E-state index in [1.165, 1.54) is 4.90 Å². The van der Waals surface area contributed by atoms with Crippen LogP contribution in [0.25, 0.3) is 0 Å². The summed E-state index contributed by atoms with van der Waals surface area (Å²) in [5, 5.41) is 12.7. The number of esters is 1. The molecule has 1 fully saturated rings. The van der Waals surface area contributed by atoms with Crippen LogP contribution >= 0.6 is 0 Å². The first-order valence-corrected chi connectivity index (χ1v) is 10.6. The normalized spacial score (nSPS) is 24.3. The van der Waals surface area contributed by atoms with Crippen LogP contribution < -0.4 is 5.32 Å². The Morgan fingerprint density at radius 1 is 1.27 bits per heavy atom. The topological polar surface area (TPSA) is 95.9 Å². The van der Waals surface area contributed by atoms with Crippen molar-refractivity contribution in [2.24, 2.45) is 5.92 Å². The molecule has 1 aromatic rings. The second kappa shape index (κ2) is 9.89. The summed E-state index contributed by atoms with van der Waals surface area (Å²) in [6.45, 7) is 3.68. The molecule has 1 saturated heterocycles. The molecule has 30 heavy (non-hydrogen) atoms. The number of carboxylic acid groups (broad SMARTS) is 1. The lowest BCUT2D eigenvalue weighted by atomic mass is 10.0. The number of ether oxygens (including phenoxy) is 1. The van der Waals surface area contributed by atoms with E-state index in [0.29, 0.717) is 19.3 Å². The summed E-state index contributed by atoms with van der Waals surface area (Å²) in [6.07, 6.45) is 6.33. The number of rotatable bonds is 9. The van der Waals surface area contributed by atoms with E-state index in [9.17, 15) is 19.5 Å². The van der Waals surface area contributed by atoms with Gasteiger partial charge in [-0.15, -0.1) is 0 Å². The number of carbonyl (C=O) groups is 3. The summed E-state index contributed by atoms with van der Waals surface area (Å²) in [5.74, 6) is -1.52. The third-order valence-electron chi connectivity index (χ3n) is 5.93. The molecule has 0 spiro atoms. The number of carboxylic acids is 1. The first-order chi connectivity index (χ1) is 14.4. The van der Waals surface area contributed by atoms with Gasteiger partial charge in [-0.25, -0.2) is 4.79 Å². The SMILES string of the molecule is CCOC(=O)[C@H](CCc1ccccc1)N[C@@H](C)C(=O)N1C(C(=O)O)CC2CC=CC21. The number of aryl methyl sites for hydroxylation is 1. The summed E-state index contributed by atoms with van der Waals surface area (Å²) >= 11 is 0. The second-order valence-electron chi connectivity index (χ2n) is 7.97. The predicted molar refractivity (Wildman–Crippen MR) is 112 cm³/mol. The van der Waals surface area contributed by atoms with Gasteiger partial charge in [0.2, 0.25) is 5.91 Å². The lowest BCUT2D eigenvalue weighted by Gasteiger charge is -2.31. The number of aliphatic carboxylic acids is 1. The van der Waals surface area contributed by atoms with Gasteiger partial charge in [-0.05, 0) is 51.0 Å². The molecule has 0 aromatic heterocycles. The van der Waals surface area contributed by atoms with Gasteiger partial charge in [0.1, 0.15) is 12.1 Å². The van der Waals surface area contributed by atoms with Crippen LogP contribution in [0.2, 0.25) is 0 Å². The first-order valence-electron chi connectivity index (χ1n) is 10.6. The molecule has 7 heteroatoms. The molecule has 162 valence electrons. The number of benzene rings is 1. The molecule has 1 aromatic carbocycles. The van der Waals surface area contributed by atoms with Gasteiger partial charge in [0.25, 0.3) is 0 Å². The van der Waals surface area contributed by atoms with Gasteiger partial charge in [0, 0.05) is 0 Å². The summed E-state index contributed by atoms with van der Waals surface area (Å²) in [4.78, 5) is 38.9. The van der Waals surface area contributed by atoms with Crippen LogP contribution in [0, 0.1) is 5.92 Å². The quantitative estimate of drug-likeness (QED) is 0.475. The lowest BCUT2D eigenvalue weighted by molar-refractivity contribution is -0.151. The van der Waals surface area contributed by atoms with Gasteiger partial charge in [-0.1, -0.05) is 42.5 Å². The summed E-state index contributed by atoms with van der Waals surface area (Å²) < 4.78 is 5.20. The lowest BCUT2D eigenvalue weighted by Crippen LogP contribution is -2.55. The smallest absolute Gasteiger partial charge is 0.326 e. The van der Waals surface area contributed by atoms with Crippen molar-refractivity contribution >= 4 is 17.8 Å². The van der Waals surface area contributed by atoms with Gasteiger partial charge in [0.05, 0.1) is 18.7 Å². The van der Waals surface area contributed by atoms with Crippen LogP contribution in [0.4, 0.5) is 0 Å². The number of hydrogen-bond donors (Lipinski definition) is 2. The zero-order chi connectivity index (χ0) is 21.7. The van der Waals surface area contributed by atoms with Gasteiger partial charge in [-0.3, -0.25) is 14.9 Å². The van der Waals surface area contributed by atoms with Crippen molar-refractivity contribution in [1.29, 1.82) is 0 Å². The molecule has 3 rings (SSSR count). The van der Waals surface area contributed by atoms with Crippen molar-refractivity contribution in [3.63, 3.8) is 0 Å². The second-order valence-corrected chi connectivity index (χ2v) is 7.97. The van der Waals surface area contributed by atoms with Crippen LogP contribution in [-0.4, -0.2) is 58.6 Å². The average Bonchev–Trinajstić information content (AvgIpc) is 3.32. The molecule has 5 atom stereocenters. The first kappa shape index (κ1) is 22.0. The van der Waals surface area contributed by atoms with Crippen molar-refractivity contribution in [3.8, 4) is 0 Å². The molecule has 1 amide bonds. The summed E-state index contributed by atoms with van der Waals surface area (Å²) in [7, 11) is 0. The molecule has 1 aliphatic carbocycles. The van der Waals surface area contributed by atoms with Crippen LogP contribution in [-0.2, 0) is 25.5 Å². The van der Waals surface area contributed by atoms with E-state index >= 15 is 0 Å². The van der Waals surface area contributed by atoms with Crippen molar-refractivity contribution in [2.75, 3.05) is 6.61 Å². The van der Waals surface area contributed by atoms with Crippen LogP contribution in [0.3, 0.4) is 0 Å². The van der Waals surface area contributed by atoms with Crippen molar-refractivity contribution in [3.05, 3.63) is 48.0 Å². The highest BCUT2D eigenvalue weighted by molar-refractivity contribution is 5.89. The largest absolute Gasteiger partial charge is 0.480 e. The Balaban J connectivity index is 1.69. The Kier molecular flexibility index (Phi) is 7.26. The average molecular weight is 415 g/mol. The molecule has 1 heterocycles. The fourth-order valence-electron chi connectivity index (χ4n) is 4.44. The molecule has 7 nitrogen and oxygen atoms in total.